The minimum Gasteiger partial charge on any atom is -0.465 e. The van der Waals surface area contributed by atoms with Crippen LogP contribution in [0.15, 0.2) is 25.3 Å². The van der Waals surface area contributed by atoms with Crippen LogP contribution in [0.1, 0.15) is 33.1 Å². The number of carbonyl (C=O) groups is 1. The number of hydrogen-bond donors (Lipinski definition) is 0. The Bertz CT molecular complexity index is 196. The molecule has 0 bridgehead atoms. The first-order valence-electron chi connectivity index (χ1n) is 4.99. The first-order valence-corrected chi connectivity index (χ1v) is 4.99. The molecule has 0 aromatic heterocycles. The Morgan fingerprint density at radius 3 is 2.21 bits per heavy atom. The summed E-state index contributed by atoms with van der Waals surface area (Å²) in [6, 6.07) is 0. The van der Waals surface area contributed by atoms with Crippen molar-refractivity contribution in [2.45, 2.75) is 33.1 Å². The number of allylic oxidation sites excluding steroid dienone is 2. The maximum Gasteiger partial charge on any atom is 0.312 e. The highest BCUT2D eigenvalue weighted by molar-refractivity contribution is 5.76. The molecule has 80 valence electrons. The van der Waals surface area contributed by atoms with Crippen molar-refractivity contribution in [3.05, 3.63) is 25.3 Å². The number of ether oxygens (including phenoxy) is 1. The van der Waals surface area contributed by atoms with E-state index in [9.17, 15) is 4.79 Å². The highest BCUT2D eigenvalue weighted by Gasteiger charge is 2.31. The molecule has 2 nitrogen and oxygen atoms in total. The van der Waals surface area contributed by atoms with E-state index in [1.807, 2.05) is 13.8 Å². The smallest absolute Gasteiger partial charge is 0.312 e. The molecule has 0 unspecified atom stereocenters. The maximum absolute atomic E-state index is 11.7. The molecule has 0 spiro atoms. The van der Waals surface area contributed by atoms with Gasteiger partial charge in [0, 0.05) is 0 Å². The van der Waals surface area contributed by atoms with Crippen molar-refractivity contribution in [2.75, 3.05) is 6.61 Å². The van der Waals surface area contributed by atoms with Gasteiger partial charge in [0.2, 0.25) is 0 Å². The van der Waals surface area contributed by atoms with Gasteiger partial charge in [0.1, 0.15) is 0 Å². The standard InChI is InChI=1S/C12H20O2/c1-5-8-12(4,9-6-2)11(13)14-10-7-3/h5-6H,1-2,7-10H2,3-4H3. The molecule has 0 aromatic carbocycles. The molecule has 0 heterocycles. The molecular weight excluding hydrogens is 176 g/mol. The summed E-state index contributed by atoms with van der Waals surface area (Å²) in [6.45, 7) is 11.6. The fourth-order valence-corrected chi connectivity index (χ4v) is 1.26. The van der Waals surface area contributed by atoms with Crippen LogP contribution >= 0.6 is 0 Å². The lowest BCUT2D eigenvalue weighted by molar-refractivity contribution is -0.154. The van der Waals surface area contributed by atoms with E-state index in [0.717, 1.165) is 6.42 Å². The maximum atomic E-state index is 11.7. The van der Waals surface area contributed by atoms with Crippen molar-refractivity contribution in [3.8, 4) is 0 Å². The Labute approximate surface area is 86.6 Å². The Morgan fingerprint density at radius 2 is 1.86 bits per heavy atom. The van der Waals surface area contributed by atoms with Crippen molar-refractivity contribution in [2.24, 2.45) is 5.41 Å². The molecule has 14 heavy (non-hydrogen) atoms. The average Bonchev–Trinajstić information content (AvgIpc) is 2.15. The van der Waals surface area contributed by atoms with E-state index >= 15 is 0 Å². The lowest BCUT2D eigenvalue weighted by Gasteiger charge is -2.24. The monoisotopic (exact) mass is 196 g/mol. The van der Waals surface area contributed by atoms with Crippen molar-refractivity contribution in [3.63, 3.8) is 0 Å². The second kappa shape index (κ2) is 6.41. The number of hydrogen-bond acceptors (Lipinski definition) is 2. The van der Waals surface area contributed by atoms with E-state index < -0.39 is 5.41 Å². The molecule has 0 aliphatic carbocycles. The van der Waals surface area contributed by atoms with E-state index in [1.54, 1.807) is 12.2 Å². The van der Waals surface area contributed by atoms with E-state index in [2.05, 4.69) is 13.2 Å². The van der Waals surface area contributed by atoms with Crippen LogP contribution in [-0.2, 0) is 9.53 Å². The van der Waals surface area contributed by atoms with Crippen LogP contribution in [0.2, 0.25) is 0 Å². The van der Waals surface area contributed by atoms with Gasteiger partial charge >= 0.3 is 5.97 Å². The molecule has 0 fully saturated rings. The summed E-state index contributed by atoms with van der Waals surface area (Å²) >= 11 is 0. The molecular formula is C12H20O2. The SMILES string of the molecule is C=CCC(C)(CC=C)C(=O)OCCC. The topological polar surface area (TPSA) is 26.3 Å². The van der Waals surface area contributed by atoms with Crippen molar-refractivity contribution in [1.82, 2.24) is 0 Å². The second-order valence-corrected chi connectivity index (χ2v) is 3.68. The quantitative estimate of drug-likeness (QED) is 0.462. The molecule has 0 atom stereocenters. The zero-order valence-corrected chi connectivity index (χ0v) is 9.21. The number of rotatable bonds is 7. The normalized spacial score (nSPS) is 10.7. The van der Waals surface area contributed by atoms with E-state index in [-0.39, 0.29) is 5.97 Å². The second-order valence-electron chi connectivity index (χ2n) is 3.68. The fourth-order valence-electron chi connectivity index (χ4n) is 1.26. The third-order valence-corrected chi connectivity index (χ3v) is 2.12. The van der Waals surface area contributed by atoms with Gasteiger partial charge in [-0.2, -0.15) is 0 Å². The molecule has 0 aliphatic heterocycles. The van der Waals surface area contributed by atoms with E-state index in [4.69, 9.17) is 4.74 Å². The molecule has 0 saturated carbocycles. The lowest BCUT2D eigenvalue weighted by Crippen LogP contribution is -2.29. The summed E-state index contributed by atoms with van der Waals surface area (Å²) in [5, 5.41) is 0. The largest absolute Gasteiger partial charge is 0.465 e. The van der Waals surface area contributed by atoms with Crippen molar-refractivity contribution >= 4 is 5.97 Å². The van der Waals surface area contributed by atoms with Gasteiger partial charge < -0.3 is 4.74 Å². The summed E-state index contributed by atoms with van der Waals surface area (Å²) in [6.07, 6.45) is 5.60. The summed E-state index contributed by atoms with van der Waals surface area (Å²) in [5.41, 5.74) is -0.487. The summed E-state index contributed by atoms with van der Waals surface area (Å²) in [7, 11) is 0. The van der Waals surface area contributed by atoms with Gasteiger partial charge in [-0.05, 0) is 26.2 Å². The molecule has 0 N–H and O–H groups in total. The fraction of sp³-hybridized carbons (Fsp3) is 0.583. The Balaban J connectivity index is 4.37. The van der Waals surface area contributed by atoms with Gasteiger partial charge in [-0.15, -0.1) is 13.2 Å². The molecule has 2 heteroatoms. The van der Waals surface area contributed by atoms with Crippen LogP contribution in [0, 0.1) is 5.41 Å². The predicted molar refractivity (Wildman–Crippen MR) is 59.0 cm³/mol. The van der Waals surface area contributed by atoms with Gasteiger partial charge in [-0.1, -0.05) is 19.1 Å². The third-order valence-electron chi connectivity index (χ3n) is 2.12. The lowest BCUT2D eigenvalue weighted by atomic mass is 9.83. The third kappa shape index (κ3) is 3.77. The molecule has 0 saturated heterocycles. The van der Waals surface area contributed by atoms with Gasteiger partial charge in [0.15, 0.2) is 0 Å². The summed E-state index contributed by atoms with van der Waals surface area (Å²) in [4.78, 5) is 11.7. The first kappa shape index (κ1) is 12.9. The Hall–Kier alpha value is -1.05. The molecule has 0 rings (SSSR count). The Morgan fingerprint density at radius 1 is 1.36 bits per heavy atom. The van der Waals surface area contributed by atoms with Crippen LogP contribution in [-0.4, -0.2) is 12.6 Å². The minimum absolute atomic E-state index is 0.154. The van der Waals surface area contributed by atoms with Crippen molar-refractivity contribution in [1.29, 1.82) is 0 Å². The van der Waals surface area contributed by atoms with Crippen LogP contribution in [0.4, 0.5) is 0 Å². The average molecular weight is 196 g/mol. The van der Waals surface area contributed by atoms with E-state index in [0.29, 0.717) is 19.4 Å². The van der Waals surface area contributed by atoms with Crippen molar-refractivity contribution < 1.29 is 9.53 Å². The predicted octanol–water partition coefficient (Wildman–Crippen LogP) is 3.10. The van der Waals surface area contributed by atoms with Crippen LogP contribution in [0.3, 0.4) is 0 Å². The highest BCUT2D eigenvalue weighted by Crippen LogP contribution is 2.28. The highest BCUT2D eigenvalue weighted by atomic mass is 16.5. The zero-order valence-electron chi connectivity index (χ0n) is 9.21. The van der Waals surface area contributed by atoms with Gasteiger partial charge in [-0.25, -0.2) is 0 Å². The number of carbonyl (C=O) groups excluding carboxylic acids is 1. The number of esters is 1. The van der Waals surface area contributed by atoms with Crippen LogP contribution in [0.5, 0.6) is 0 Å². The Kier molecular flexibility index (Phi) is 5.93. The molecule has 0 aromatic rings. The summed E-state index contributed by atoms with van der Waals surface area (Å²) < 4.78 is 5.13. The van der Waals surface area contributed by atoms with E-state index in [1.165, 1.54) is 0 Å². The van der Waals surface area contributed by atoms with Gasteiger partial charge in [-0.3, -0.25) is 4.79 Å². The van der Waals surface area contributed by atoms with Gasteiger partial charge in [0.25, 0.3) is 0 Å². The molecule has 0 amide bonds. The van der Waals surface area contributed by atoms with Crippen LogP contribution < -0.4 is 0 Å². The van der Waals surface area contributed by atoms with Crippen LogP contribution in [0.25, 0.3) is 0 Å². The van der Waals surface area contributed by atoms with Gasteiger partial charge in [0.05, 0.1) is 12.0 Å². The zero-order chi connectivity index (χ0) is 11.0. The molecule has 0 aliphatic rings. The first-order chi connectivity index (χ1) is 6.60. The minimum atomic E-state index is -0.487. The summed E-state index contributed by atoms with van der Waals surface area (Å²) in [5.74, 6) is -0.154. The molecule has 0 radical (unpaired) electrons.